The summed E-state index contributed by atoms with van der Waals surface area (Å²) in [7, 11) is 2.76. The molecule has 158 valence electrons. The molecule has 1 aliphatic heterocycles. The maximum atomic E-state index is 13.9. The van der Waals surface area contributed by atoms with Crippen LogP contribution in [0.4, 0.5) is 10.2 Å². The lowest BCUT2D eigenvalue weighted by Crippen LogP contribution is -2.52. The fourth-order valence-corrected chi connectivity index (χ4v) is 4.67. The predicted molar refractivity (Wildman–Crippen MR) is 100 cm³/mol. The number of carbonyl (C=O) groups is 1. The highest BCUT2D eigenvalue weighted by atomic mass is 32.2. The van der Waals surface area contributed by atoms with Crippen LogP contribution in [0.1, 0.15) is 16.1 Å². The van der Waals surface area contributed by atoms with Crippen LogP contribution in [-0.4, -0.2) is 68.5 Å². The van der Waals surface area contributed by atoms with Crippen LogP contribution in [0.25, 0.3) is 0 Å². The second kappa shape index (κ2) is 7.19. The number of benzene rings is 1. The number of rotatable bonds is 5. The number of nitrogens with zero attached hydrogens (tertiary/aromatic N) is 4. The Morgan fingerprint density at radius 1 is 1.14 bits per heavy atom. The molecule has 0 radical (unpaired) electrons. The van der Waals surface area contributed by atoms with Crippen molar-refractivity contribution >= 4 is 21.6 Å². The van der Waals surface area contributed by atoms with Crippen LogP contribution in [0.2, 0.25) is 0 Å². The number of imidazole rings is 1. The van der Waals surface area contributed by atoms with Crippen molar-refractivity contribution in [3.05, 3.63) is 29.2 Å². The molecular formula is C17H21FN4O6S. The van der Waals surface area contributed by atoms with E-state index in [9.17, 15) is 22.7 Å². The standard InChI is InChI=1S/C17H21FN4O6S/c1-20-13-14(21(2)17(24)22(3)15(13)23)19-16(20)29(25,26)8-9-6-12(28-5)10(18)7-11(9)27-4/h6-7,17,24H,8H2,1-5H3. The van der Waals surface area contributed by atoms with Crippen LogP contribution in [0.5, 0.6) is 11.5 Å². The summed E-state index contributed by atoms with van der Waals surface area (Å²) in [6.07, 6.45) is -1.28. The first kappa shape index (κ1) is 20.9. The van der Waals surface area contributed by atoms with Gasteiger partial charge in [0, 0.05) is 32.8 Å². The lowest BCUT2D eigenvalue weighted by atomic mass is 10.2. The zero-order valence-corrected chi connectivity index (χ0v) is 17.3. The van der Waals surface area contributed by atoms with E-state index in [-0.39, 0.29) is 33.7 Å². The summed E-state index contributed by atoms with van der Waals surface area (Å²) in [6.45, 7) is 0. The summed E-state index contributed by atoms with van der Waals surface area (Å²) in [5.74, 6) is -1.87. The zero-order chi connectivity index (χ0) is 21.7. The second-order valence-corrected chi connectivity index (χ2v) is 8.44. The molecule has 1 aromatic carbocycles. The van der Waals surface area contributed by atoms with Crippen molar-refractivity contribution in [2.45, 2.75) is 17.3 Å². The molecule has 2 aromatic rings. The normalized spacial score (nSPS) is 16.8. The number of fused-ring (bicyclic) bond motifs is 1. The van der Waals surface area contributed by atoms with Crippen molar-refractivity contribution in [1.82, 2.24) is 14.5 Å². The number of amides is 1. The first-order valence-electron chi connectivity index (χ1n) is 8.41. The third kappa shape index (κ3) is 3.27. The van der Waals surface area contributed by atoms with Crippen molar-refractivity contribution in [3.8, 4) is 11.5 Å². The number of ether oxygens (including phenoxy) is 2. The van der Waals surface area contributed by atoms with E-state index in [1.165, 1.54) is 50.9 Å². The number of hydrogen-bond acceptors (Lipinski definition) is 8. The van der Waals surface area contributed by atoms with E-state index in [2.05, 4.69) is 4.98 Å². The summed E-state index contributed by atoms with van der Waals surface area (Å²) < 4.78 is 51.3. The first-order valence-corrected chi connectivity index (χ1v) is 10.1. The average molecular weight is 428 g/mol. The number of aliphatic hydroxyl groups excluding tert-OH is 1. The molecule has 3 rings (SSSR count). The number of carbonyl (C=O) groups excluding carboxylic acids is 1. The van der Waals surface area contributed by atoms with Crippen LogP contribution in [-0.2, 0) is 22.6 Å². The quantitative estimate of drug-likeness (QED) is 0.726. The topological polar surface area (TPSA) is 114 Å². The first-order chi connectivity index (χ1) is 13.5. The monoisotopic (exact) mass is 428 g/mol. The minimum atomic E-state index is -4.08. The van der Waals surface area contributed by atoms with Crippen molar-refractivity contribution in [2.24, 2.45) is 7.05 Å². The molecule has 0 spiro atoms. The van der Waals surface area contributed by atoms with Gasteiger partial charge in [0.25, 0.3) is 5.91 Å². The molecule has 0 fully saturated rings. The molecule has 1 atom stereocenters. The van der Waals surface area contributed by atoms with Gasteiger partial charge in [0.2, 0.25) is 21.3 Å². The van der Waals surface area contributed by atoms with Crippen LogP contribution in [0, 0.1) is 5.82 Å². The Bertz CT molecular complexity index is 1080. The molecule has 1 aliphatic rings. The Labute approximate surface area is 167 Å². The van der Waals surface area contributed by atoms with E-state index in [1.54, 1.807) is 0 Å². The van der Waals surface area contributed by atoms with Gasteiger partial charge in [-0.2, -0.15) is 4.98 Å². The molecule has 0 saturated carbocycles. The molecule has 0 bridgehead atoms. The summed E-state index contributed by atoms with van der Waals surface area (Å²) in [5, 5.41) is 9.75. The Morgan fingerprint density at radius 3 is 2.34 bits per heavy atom. The maximum Gasteiger partial charge on any atom is 0.277 e. The minimum absolute atomic E-state index is 0.0301. The number of aromatic nitrogens is 2. The maximum absolute atomic E-state index is 13.9. The van der Waals surface area contributed by atoms with Crippen molar-refractivity contribution in [1.29, 1.82) is 0 Å². The third-order valence-electron chi connectivity index (χ3n) is 4.76. The summed E-state index contributed by atoms with van der Waals surface area (Å²) in [6, 6.07) is 2.28. The van der Waals surface area contributed by atoms with Gasteiger partial charge in [-0.25, -0.2) is 12.8 Å². The molecule has 0 aliphatic carbocycles. The molecule has 12 heteroatoms. The predicted octanol–water partition coefficient (Wildman–Crippen LogP) is 0.348. The highest BCUT2D eigenvalue weighted by Crippen LogP contribution is 2.33. The number of halogens is 1. The van der Waals surface area contributed by atoms with Crippen molar-refractivity contribution in [2.75, 3.05) is 33.2 Å². The Morgan fingerprint density at radius 2 is 1.76 bits per heavy atom. The van der Waals surface area contributed by atoms with E-state index in [4.69, 9.17) is 9.47 Å². The lowest BCUT2D eigenvalue weighted by molar-refractivity contribution is 0.0153. The minimum Gasteiger partial charge on any atom is -0.496 e. The van der Waals surface area contributed by atoms with E-state index >= 15 is 0 Å². The highest BCUT2D eigenvalue weighted by Gasteiger charge is 2.39. The number of sulfone groups is 1. The van der Waals surface area contributed by atoms with E-state index in [0.29, 0.717) is 0 Å². The average Bonchev–Trinajstić information content (AvgIpc) is 3.03. The van der Waals surface area contributed by atoms with Gasteiger partial charge >= 0.3 is 0 Å². The zero-order valence-electron chi connectivity index (χ0n) is 16.5. The molecule has 1 N–H and O–H groups in total. The number of aliphatic hydroxyl groups is 1. The molecular weight excluding hydrogens is 407 g/mol. The third-order valence-corrected chi connectivity index (χ3v) is 6.38. The fourth-order valence-electron chi connectivity index (χ4n) is 3.17. The Kier molecular flexibility index (Phi) is 5.17. The van der Waals surface area contributed by atoms with Gasteiger partial charge in [-0.05, 0) is 6.07 Å². The van der Waals surface area contributed by atoms with E-state index in [1.807, 2.05) is 0 Å². The van der Waals surface area contributed by atoms with Crippen LogP contribution < -0.4 is 14.4 Å². The summed E-state index contributed by atoms with van der Waals surface area (Å²) in [5.41, 5.74) is 0.200. The van der Waals surface area contributed by atoms with Gasteiger partial charge < -0.3 is 24.0 Å². The second-order valence-electron chi connectivity index (χ2n) is 6.56. The molecule has 1 unspecified atom stereocenters. The van der Waals surface area contributed by atoms with Gasteiger partial charge in [-0.1, -0.05) is 0 Å². The smallest absolute Gasteiger partial charge is 0.277 e. The molecule has 29 heavy (non-hydrogen) atoms. The number of methoxy groups -OCH3 is 2. The van der Waals surface area contributed by atoms with Crippen LogP contribution in [0.15, 0.2) is 17.3 Å². The SMILES string of the molecule is COc1cc(CS(=O)(=O)c2nc3c(n2C)C(=O)N(C)C(O)N3C)c(OC)cc1F. The van der Waals surface area contributed by atoms with Crippen molar-refractivity contribution < 1.29 is 32.2 Å². The Balaban J connectivity index is 2.09. The van der Waals surface area contributed by atoms with Crippen LogP contribution in [0.3, 0.4) is 0 Å². The summed E-state index contributed by atoms with van der Waals surface area (Å²) >= 11 is 0. The Hall–Kier alpha value is -2.86. The van der Waals surface area contributed by atoms with Crippen molar-refractivity contribution in [3.63, 3.8) is 0 Å². The molecule has 10 nitrogen and oxygen atoms in total. The molecule has 2 heterocycles. The van der Waals surface area contributed by atoms with Gasteiger partial charge in [0.15, 0.2) is 23.1 Å². The molecule has 1 amide bonds. The van der Waals surface area contributed by atoms with Gasteiger partial charge in [-0.15, -0.1) is 0 Å². The largest absolute Gasteiger partial charge is 0.496 e. The van der Waals surface area contributed by atoms with E-state index in [0.717, 1.165) is 11.0 Å². The summed E-state index contributed by atoms with van der Waals surface area (Å²) in [4.78, 5) is 19.0. The van der Waals surface area contributed by atoms with Gasteiger partial charge in [0.1, 0.15) is 5.75 Å². The number of hydrogen-bond donors (Lipinski definition) is 1. The van der Waals surface area contributed by atoms with Gasteiger partial charge in [0.05, 0.1) is 20.0 Å². The molecule has 1 aromatic heterocycles. The van der Waals surface area contributed by atoms with Gasteiger partial charge in [-0.3, -0.25) is 9.69 Å². The lowest BCUT2D eigenvalue weighted by Gasteiger charge is -2.35. The fraction of sp³-hybridized carbons (Fsp3) is 0.412. The van der Waals surface area contributed by atoms with E-state index < -0.39 is 33.7 Å². The molecule has 0 saturated heterocycles. The van der Waals surface area contributed by atoms with Crippen LogP contribution >= 0.6 is 0 Å². The highest BCUT2D eigenvalue weighted by molar-refractivity contribution is 7.90. The number of anilines is 1.